The number of aryl methyl sites for hydroxylation is 1. The topological polar surface area (TPSA) is 3.24 Å². The van der Waals surface area contributed by atoms with Crippen LogP contribution in [0, 0.1) is 0 Å². The second-order valence-electron chi connectivity index (χ2n) is 8.05. The predicted molar refractivity (Wildman–Crippen MR) is 109 cm³/mol. The SMILES string of the molecule is CC(CCc1ccc(C2CC(F)C(F)C2)cc1)N(C)CCc1ccccc1. The van der Waals surface area contributed by atoms with E-state index in [0.717, 1.165) is 31.4 Å². The molecule has 0 N–H and O–H groups in total. The molecule has 0 saturated heterocycles. The number of hydrogen-bond acceptors (Lipinski definition) is 1. The van der Waals surface area contributed by atoms with Crippen molar-refractivity contribution in [3.05, 3.63) is 71.3 Å². The molecular formula is C24H31F2N. The number of benzene rings is 2. The zero-order valence-corrected chi connectivity index (χ0v) is 16.5. The van der Waals surface area contributed by atoms with Crippen LogP contribution in [0.15, 0.2) is 54.6 Å². The monoisotopic (exact) mass is 371 g/mol. The molecular weight excluding hydrogens is 340 g/mol. The number of halogens is 2. The van der Waals surface area contributed by atoms with Crippen LogP contribution in [0.25, 0.3) is 0 Å². The van der Waals surface area contributed by atoms with Crippen LogP contribution in [0.1, 0.15) is 48.8 Å². The smallest absolute Gasteiger partial charge is 0.132 e. The first kappa shape index (κ1) is 20.0. The largest absolute Gasteiger partial charge is 0.303 e. The Labute approximate surface area is 162 Å². The van der Waals surface area contributed by atoms with Crippen molar-refractivity contribution in [3.8, 4) is 0 Å². The highest BCUT2D eigenvalue weighted by molar-refractivity contribution is 5.27. The summed E-state index contributed by atoms with van der Waals surface area (Å²) in [6.45, 7) is 3.33. The molecule has 27 heavy (non-hydrogen) atoms. The maximum absolute atomic E-state index is 13.4. The predicted octanol–water partition coefficient (Wildman–Crippen LogP) is 5.74. The van der Waals surface area contributed by atoms with E-state index in [1.54, 1.807) is 0 Å². The Hall–Kier alpha value is -1.74. The van der Waals surface area contributed by atoms with E-state index in [1.165, 1.54) is 11.1 Å². The second-order valence-corrected chi connectivity index (χ2v) is 8.05. The van der Waals surface area contributed by atoms with Gasteiger partial charge in [0.2, 0.25) is 0 Å². The van der Waals surface area contributed by atoms with E-state index in [1.807, 2.05) is 0 Å². The van der Waals surface area contributed by atoms with E-state index >= 15 is 0 Å². The lowest BCUT2D eigenvalue weighted by Crippen LogP contribution is -2.31. The van der Waals surface area contributed by atoms with Crippen molar-refractivity contribution in [2.45, 2.75) is 63.3 Å². The van der Waals surface area contributed by atoms with Crippen molar-refractivity contribution in [3.63, 3.8) is 0 Å². The molecule has 0 bridgehead atoms. The summed E-state index contributed by atoms with van der Waals surface area (Å²) in [6, 6.07) is 19.5. The van der Waals surface area contributed by atoms with Crippen molar-refractivity contribution in [1.29, 1.82) is 0 Å². The first-order valence-electron chi connectivity index (χ1n) is 10.1. The summed E-state index contributed by atoms with van der Waals surface area (Å²) in [5.74, 6) is 0.0343. The van der Waals surface area contributed by atoms with Crippen LogP contribution in [-0.2, 0) is 12.8 Å². The van der Waals surface area contributed by atoms with Crippen LogP contribution in [0.5, 0.6) is 0 Å². The minimum absolute atomic E-state index is 0.0343. The quantitative estimate of drug-likeness (QED) is 0.572. The average Bonchev–Trinajstić information content (AvgIpc) is 3.04. The molecule has 3 unspecified atom stereocenters. The van der Waals surface area contributed by atoms with Gasteiger partial charge in [0.15, 0.2) is 0 Å². The van der Waals surface area contributed by atoms with Gasteiger partial charge in [0.05, 0.1) is 0 Å². The molecule has 1 saturated carbocycles. The van der Waals surface area contributed by atoms with Crippen LogP contribution < -0.4 is 0 Å². The molecule has 1 aliphatic rings. The molecule has 3 atom stereocenters. The Bertz CT molecular complexity index is 675. The van der Waals surface area contributed by atoms with Gasteiger partial charge in [-0.05, 0) is 68.7 Å². The summed E-state index contributed by atoms with van der Waals surface area (Å²) < 4.78 is 26.8. The van der Waals surface area contributed by atoms with Gasteiger partial charge >= 0.3 is 0 Å². The number of hydrogen-bond donors (Lipinski definition) is 0. The molecule has 0 heterocycles. The van der Waals surface area contributed by atoms with Crippen molar-refractivity contribution >= 4 is 0 Å². The fourth-order valence-corrected chi connectivity index (χ4v) is 3.93. The molecule has 1 aliphatic carbocycles. The molecule has 146 valence electrons. The molecule has 0 radical (unpaired) electrons. The number of alkyl halides is 2. The lowest BCUT2D eigenvalue weighted by Gasteiger charge is -2.25. The van der Waals surface area contributed by atoms with Crippen molar-refractivity contribution in [2.24, 2.45) is 0 Å². The minimum atomic E-state index is -1.29. The molecule has 1 nitrogen and oxygen atoms in total. The normalized spacial score (nSPS) is 23.7. The lowest BCUT2D eigenvalue weighted by atomic mass is 9.95. The van der Waals surface area contributed by atoms with Crippen LogP contribution in [0.4, 0.5) is 8.78 Å². The Balaban J connectivity index is 1.43. The Morgan fingerprint density at radius 2 is 1.48 bits per heavy atom. The summed E-state index contributed by atoms with van der Waals surface area (Å²) in [6.07, 6.45) is 1.27. The first-order chi connectivity index (χ1) is 13.0. The molecule has 0 amide bonds. The van der Waals surface area contributed by atoms with Crippen LogP contribution in [-0.4, -0.2) is 36.9 Å². The van der Waals surface area contributed by atoms with Gasteiger partial charge in [-0.25, -0.2) is 8.78 Å². The molecule has 3 heteroatoms. The van der Waals surface area contributed by atoms with Crippen LogP contribution >= 0.6 is 0 Å². The highest BCUT2D eigenvalue weighted by atomic mass is 19.2. The van der Waals surface area contributed by atoms with Gasteiger partial charge in [0, 0.05) is 12.6 Å². The molecule has 0 aromatic heterocycles. The first-order valence-corrected chi connectivity index (χ1v) is 10.1. The van der Waals surface area contributed by atoms with E-state index in [4.69, 9.17) is 0 Å². The Kier molecular flexibility index (Phi) is 7.01. The van der Waals surface area contributed by atoms with E-state index in [-0.39, 0.29) is 5.92 Å². The number of nitrogens with zero attached hydrogens (tertiary/aromatic N) is 1. The van der Waals surface area contributed by atoms with Gasteiger partial charge in [-0.15, -0.1) is 0 Å². The maximum Gasteiger partial charge on any atom is 0.132 e. The second kappa shape index (κ2) is 9.45. The molecule has 3 rings (SSSR count). The van der Waals surface area contributed by atoms with Gasteiger partial charge in [0.1, 0.15) is 12.3 Å². The van der Waals surface area contributed by atoms with Gasteiger partial charge < -0.3 is 4.90 Å². The molecule has 0 spiro atoms. The third-order valence-corrected chi connectivity index (χ3v) is 6.06. The van der Waals surface area contributed by atoms with E-state index in [2.05, 4.69) is 73.5 Å². The summed E-state index contributed by atoms with van der Waals surface area (Å²) >= 11 is 0. The molecule has 2 aromatic rings. The van der Waals surface area contributed by atoms with Gasteiger partial charge in [0.25, 0.3) is 0 Å². The molecule has 0 aliphatic heterocycles. The minimum Gasteiger partial charge on any atom is -0.303 e. The average molecular weight is 372 g/mol. The maximum atomic E-state index is 13.4. The Morgan fingerprint density at radius 1 is 0.889 bits per heavy atom. The zero-order valence-electron chi connectivity index (χ0n) is 16.5. The molecule has 2 aromatic carbocycles. The fourth-order valence-electron chi connectivity index (χ4n) is 3.93. The molecule has 1 fully saturated rings. The van der Waals surface area contributed by atoms with Gasteiger partial charge in [-0.1, -0.05) is 54.6 Å². The fraction of sp³-hybridized carbons (Fsp3) is 0.500. The third kappa shape index (κ3) is 5.62. The number of likely N-dealkylation sites (N-methyl/N-ethyl adjacent to an activating group) is 1. The van der Waals surface area contributed by atoms with Crippen molar-refractivity contribution in [2.75, 3.05) is 13.6 Å². The third-order valence-electron chi connectivity index (χ3n) is 6.06. The van der Waals surface area contributed by atoms with Gasteiger partial charge in [-0.3, -0.25) is 0 Å². The van der Waals surface area contributed by atoms with Crippen LogP contribution in [0.3, 0.4) is 0 Å². The van der Waals surface area contributed by atoms with E-state index < -0.39 is 12.3 Å². The Morgan fingerprint density at radius 3 is 2.11 bits per heavy atom. The van der Waals surface area contributed by atoms with E-state index in [9.17, 15) is 8.78 Å². The highest BCUT2D eigenvalue weighted by Crippen LogP contribution is 2.38. The lowest BCUT2D eigenvalue weighted by molar-refractivity contribution is 0.199. The highest BCUT2D eigenvalue weighted by Gasteiger charge is 2.35. The standard InChI is InChI=1S/C24H31F2N/c1-18(27(2)15-14-19-6-4-3-5-7-19)8-9-20-10-12-21(13-11-20)22-16-23(25)24(26)17-22/h3-7,10-13,18,22-24H,8-9,14-17H2,1-2H3. The summed E-state index contributed by atoms with van der Waals surface area (Å²) in [5, 5.41) is 0. The van der Waals surface area contributed by atoms with Crippen molar-refractivity contribution in [1.82, 2.24) is 4.90 Å². The van der Waals surface area contributed by atoms with Gasteiger partial charge in [-0.2, -0.15) is 0 Å². The van der Waals surface area contributed by atoms with Crippen LogP contribution in [0.2, 0.25) is 0 Å². The zero-order chi connectivity index (χ0) is 19.2. The van der Waals surface area contributed by atoms with E-state index in [0.29, 0.717) is 18.9 Å². The summed E-state index contributed by atoms with van der Waals surface area (Å²) in [4.78, 5) is 2.42. The van der Waals surface area contributed by atoms with Crippen molar-refractivity contribution < 1.29 is 8.78 Å². The number of rotatable bonds is 8. The summed E-state index contributed by atoms with van der Waals surface area (Å²) in [5.41, 5.74) is 3.76. The summed E-state index contributed by atoms with van der Waals surface area (Å²) in [7, 11) is 2.19.